The number of alkyl halides is 3. The van der Waals surface area contributed by atoms with Crippen LogP contribution in [0, 0.1) is 0 Å². The Hall–Kier alpha value is -2.42. The molecule has 0 aliphatic rings. The van der Waals surface area contributed by atoms with Gasteiger partial charge in [0.2, 0.25) is 5.89 Å². The van der Waals surface area contributed by atoms with Gasteiger partial charge in [-0.2, -0.15) is 13.2 Å². The second-order valence-corrected chi connectivity index (χ2v) is 6.83. The molecule has 120 valence electrons. The van der Waals surface area contributed by atoms with E-state index in [1.165, 1.54) is 12.3 Å². The highest BCUT2D eigenvalue weighted by molar-refractivity contribution is 7.90. The van der Waals surface area contributed by atoms with Crippen LogP contribution in [-0.2, 0) is 16.0 Å². The van der Waals surface area contributed by atoms with Crippen LogP contribution < -0.4 is 0 Å². The van der Waals surface area contributed by atoms with Gasteiger partial charge < -0.3 is 4.42 Å². The third kappa shape index (κ3) is 2.91. The van der Waals surface area contributed by atoms with Gasteiger partial charge in [0, 0.05) is 18.6 Å². The van der Waals surface area contributed by atoms with Gasteiger partial charge in [0.25, 0.3) is 0 Å². The number of nitrogens with zero attached hydrogens (tertiary/aromatic N) is 2. The molecule has 0 atom stereocenters. The minimum atomic E-state index is -4.50. The van der Waals surface area contributed by atoms with E-state index < -0.39 is 21.6 Å². The Bertz CT molecular complexity index is 994. The van der Waals surface area contributed by atoms with E-state index in [2.05, 4.69) is 9.97 Å². The van der Waals surface area contributed by atoms with Crippen molar-refractivity contribution in [3.8, 4) is 11.5 Å². The van der Waals surface area contributed by atoms with Crippen molar-refractivity contribution >= 4 is 20.9 Å². The quantitative estimate of drug-likeness (QED) is 0.714. The van der Waals surface area contributed by atoms with E-state index in [4.69, 9.17) is 4.42 Å². The first-order valence-corrected chi connectivity index (χ1v) is 8.17. The van der Waals surface area contributed by atoms with Crippen molar-refractivity contribution in [3.63, 3.8) is 0 Å². The first kappa shape index (κ1) is 15.5. The lowest BCUT2D eigenvalue weighted by Gasteiger charge is -2.04. The lowest BCUT2D eigenvalue weighted by molar-refractivity contribution is -0.137. The number of aromatic nitrogens is 2. The van der Waals surface area contributed by atoms with Gasteiger partial charge >= 0.3 is 6.18 Å². The number of fused-ring (bicyclic) bond motifs is 1. The first-order valence-electron chi connectivity index (χ1n) is 6.28. The van der Waals surface area contributed by atoms with E-state index in [0.29, 0.717) is 0 Å². The minimum absolute atomic E-state index is 0.00825. The fourth-order valence-corrected chi connectivity index (χ4v) is 2.88. The Morgan fingerprint density at radius 1 is 1.17 bits per heavy atom. The number of rotatable bonds is 2. The van der Waals surface area contributed by atoms with Crippen molar-refractivity contribution < 1.29 is 26.0 Å². The van der Waals surface area contributed by atoms with Crippen LogP contribution in [0.2, 0.25) is 0 Å². The van der Waals surface area contributed by atoms with Gasteiger partial charge in [0.15, 0.2) is 15.4 Å². The maximum atomic E-state index is 12.7. The summed E-state index contributed by atoms with van der Waals surface area (Å²) in [5, 5.41) is 0. The summed E-state index contributed by atoms with van der Waals surface area (Å²) in [5.41, 5.74) is -0.592. The van der Waals surface area contributed by atoms with Crippen molar-refractivity contribution in [2.45, 2.75) is 11.1 Å². The molecule has 0 radical (unpaired) electrons. The molecule has 23 heavy (non-hydrogen) atoms. The third-order valence-corrected chi connectivity index (χ3v) is 4.25. The van der Waals surface area contributed by atoms with Crippen LogP contribution >= 0.6 is 0 Å². The Balaban J connectivity index is 2.20. The first-order chi connectivity index (χ1) is 10.7. The fourth-order valence-electron chi connectivity index (χ4n) is 2.07. The fraction of sp³-hybridized carbons (Fsp3) is 0.143. The van der Waals surface area contributed by atoms with E-state index in [9.17, 15) is 21.6 Å². The van der Waals surface area contributed by atoms with Crippen molar-refractivity contribution in [2.24, 2.45) is 0 Å². The number of pyridine rings is 1. The molecule has 0 aliphatic heterocycles. The van der Waals surface area contributed by atoms with Crippen LogP contribution in [-0.4, -0.2) is 24.6 Å². The largest absolute Gasteiger partial charge is 0.436 e. The van der Waals surface area contributed by atoms with Crippen molar-refractivity contribution in [1.29, 1.82) is 0 Å². The summed E-state index contributed by atoms with van der Waals surface area (Å²) in [6, 6.07) is 4.26. The molecule has 0 aliphatic carbocycles. The molecule has 0 spiro atoms. The molecule has 0 bridgehead atoms. The average Bonchev–Trinajstić information content (AvgIpc) is 2.88. The van der Waals surface area contributed by atoms with Gasteiger partial charge in [-0.3, -0.25) is 4.98 Å². The van der Waals surface area contributed by atoms with Crippen molar-refractivity contribution in [3.05, 3.63) is 42.2 Å². The number of oxazole rings is 1. The number of halogens is 3. The number of hydrogen-bond acceptors (Lipinski definition) is 5. The molecular formula is C14H9F3N2O3S. The van der Waals surface area contributed by atoms with Crippen LogP contribution in [0.5, 0.6) is 0 Å². The molecule has 0 unspecified atom stereocenters. The van der Waals surface area contributed by atoms with E-state index >= 15 is 0 Å². The Labute approximate surface area is 128 Å². The molecule has 9 heteroatoms. The summed E-state index contributed by atoms with van der Waals surface area (Å²) < 4.78 is 67.1. The standard InChI is InChI=1S/C14H9F3N2O3S/c1-23(20,21)12-7-18-5-4-9(12)13-19-10-6-8(14(15,16)17)2-3-11(10)22-13/h2-7H,1H3. The Morgan fingerprint density at radius 3 is 2.57 bits per heavy atom. The molecule has 0 amide bonds. The number of sulfone groups is 1. The number of benzene rings is 1. The van der Waals surface area contributed by atoms with E-state index in [-0.39, 0.29) is 27.4 Å². The maximum Gasteiger partial charge on any atom is 0.416 e. The van der Waals surface area contributed by atoms with Gasteiger partial charge in [0.1, 0.15) is 5.52 Å². The SMILES string of the molecule is CS(=O)(=O)c1cnccc1-c1nc2cc(C(F)(F)F)ccc2o1. The van der Waals surface area contributed by atoms with Crippen LogP contribution in [0.15, 0.2) is 46.0 Å². The molecule has 3 rings (SSSR count). The third-order valence-electron chi connectivity index (χ3n) is 3.13. The molecule has 0 fully saturated rings. The highest BCUT2D eigenvalue weighted by atomic mass is 32.2. The van der Waals surface area contributed by atoms with Gasteiger partial charge in [-0.1, -0.05) is 0 Å². The highest BCUT2D eigenvalue weighted by Gasteiger charge is 2.31. The van der Waals surface area contributed by atoms with Gasteiger partial charge in [-0.05, 0) is 24.3 Å². The van der Waals surface area contributed by atoms with Crippen molar-refractivity contribution in [1.82, 2.24) is 9.97 Å². The monoisotopic (exact) mass is 342 g/mol. The normalized spacial score (nSPS) is 12.7. The lowest BCUT2D eigenvalue weighted by atomic mass is 10.2. The minimum Gasteiger partial charge on any atom is -0.436 e. The zero-order valence-electron chi connectivity index (χ0n) is 11.6. The second kappa shape index (κ2) is 5.05. The van der Waals surface area contributed by atoms with E-state index in [0.717, 1.165) is 30.7 Å². The second-order valence-electron chi connectivity index (χ2n) is 4.84. The van der Waals surface area contributed by atoms with Crippen LogP contribution in [0.4, 0.5) is 13.2 Å². The Morgan fingerprint density at radius 2 is 1.91 bits per heavy atom. The molecule has 2 aromatic heterocycles. The number of hydrogen-bond donors (Lipinski definition) is 0. The molecule has 0 saturated carbocycles. The predicted octanol–water partition coefficient (Wildman–Crippen LogP) is 3.31. The zero-order valence-corrected chi connectivity index (χ0v) is 12.4. The smallest absolute Gasteiger partial charge is 0.416 e. The summed E-state index contributed by atoms with van der Waals surface area (Å²) in [7, 11) is -3.59. The van der Waals surface area contributed by atoms with Crippen LogP contribution in [0.1, 0.15) is 5.56 Å². The molecule has 5 nitrogen and oxygen atoms in total. The average molecular weight is 342 g/mol. The summed E-state index contributed by atoms with van der Waals surface area (Å²) in [6.45, 7) is 0. The molecule has 1 aromatic carbocycles. The van der Waals surface area contributed by atoms with Crippen LogP contribution in [0.3, 0.4) is 0 Å². The maximum absolute atomic E-state index is 12.7. The highest BCUT2D eigenvalue weighted by Crippen LogP contribution is 2.33. The van der Waals surface area contributed by atoms with Gasteiger partial charge in [-0.15, -0.1) is 0 Å². The van der Waals surface area contributed by atoms with Gasteiger partial charge in [0.05, 0.1) is 16.0 Å². The van der Waals surface area contributed by atoms with E-state index in [1.54, 1.807) is 0 Å². The molecule has 0 N–H and O–H groups in total. The summed E-state index contributed by atoms with van der Waals surface area (Å²) in [4.78, 5) is 7.60. The summed E-state index contributed by atoms with van der Waals surface area (Å²) >= 11 is 0. The summed E-state index contributed by atoms with van der Waals surface area (Å²) in [5.74, 6) is -0.0813. The molecule has 3 aromatic rings. The summed E-state index contributed by atoms with van der Waals surface area (Å²) in [6.07, 6.45) is -1.01. The zero-order chi connectivity index (χ0) is 16.8. The van der Waals surface area contributed by atoms with Gasteiger partial charge in [-0.25, -0.2) is 13.4 Å². The molecule has 2 heterocycles. The topological polar surface area (TPSA) is 73.1 Å². The lowest BCUT2D eigenvalue weighted by Crippen LogP contribution is -2.04. The predicted molar refractivity (Wildman–Crippen MR) is 75.4 cm³/mol. The molecule has 0 saturated heterocycles. The Kier molecular flexibility index (Phi) is 3.40. The van der Waals surface area contributed by atoms with E-state index in [1.807, 2.05) is 0 Å². The van der Waals surface area contributed by atoms with Crippen molar-refractivity contribution in [2.75, 3.05) is 6.26 Å². The van der Waals surface area contributed by atoms with Crippen LogP contribution in [0.25, 0.3) is 22.6 Å². The molecular weight excluding hydrogens is 333 g/mol.